The number of rotatable bonds is 6. The summed E-state index contributed by atoms with van der Waals surface area (Å²) in [6.45, 7) is 11.8. The summed E-state index contributed by atoms with van der Waals surface area (Å²) < 4.78 is 4.99. The Morgan fingerprint density at radius 1 is 1.33 bits per heavy atom. The summed E-state index contributed by atoms with van der Waals surface area (Å²) in [4.78, 5) is 15.6. The fourth-order valence-electron chi connectivity index (χ4n) is 1.85. The second-order valence-electron chi connectivity index (χ2n) is 6.17. The van der Waals surface area contributed by atoms with Gasteiger partial charge in [-0.15, -0.1) is 0 Å². The first-order valence-electron chi connectivity index (χ1n) is 8.04. The average Bonchev–Trinajstić information content (AvgIpc) is 2.45. The van der Waals surface area contributed by atoms with Gasteiger partial charge in [0.25, 0.3) is 0 Å². The van der Waals surface area contributed by atoms with Gasteiger partial charge in [0.15, 0.2) is 5.17 Å². The summed E-state index contributed by atoms with van der Waals surface area (Å²) >= 11 is 1.30. The van der Waals surface area contributed by atoms with E-state index < -0.39 is 0 Å². The van der Waals surface area contributed by atoms with Crippen molar-refractivity contribution in [3.63, 3.8) is 0 Å². The second-order valence-corrected chi connectivity index (χ2v) is 7.08. The lowest BCUT2D eigenvalue weighted by Crippen LogP contribution is -2.16. The van der Waals surface area contributed by atoms with Crippen molar-refractivity contribution in [2.45, 2.75) is 47.5 Å². The van der Waals surface area contributed by atoms with Crippen LogP contribution in [0.15, 0.2) is 28.3 Å². The number of thioether (sulfide) groups is 1. The van der Waals surface area contributed by atoms with E-state index in [9.17, 15) is 4.79 Å². The number of nitrogens with zero attached hydrogens (tertiary/aromatic N) is 2. The Balaban J connectivity index is 3.04. The van der Waals surface area contributed by atoms with E-state index in [1.165, 1.54) is 24.2 Å². The Kier molecular flexibility index (Phi) is 8.54. The number of hydrogen-bond donors (Lipinski definition) is 1. The van der Waals surface area contributed by atoms with Gasteiger partial charge in [-0.2, -0.15) is 5.10 Å². The van der Waals surface area contributed by atoms with Crippen LogP contribution >= 0.6 is 11.8 Å². The van der Waals surface area contributed by atoms with Gasteiger partial charge < -0.3 is 4.74 Å². The Morgan fingerprint density at radius 3 is 2.62 bits per heavy atom. The molecule has 1 N–H and O–H groups in total. The van der Waals surface area contributed by atoms with Crippen molar-refractivity contribution < 1.29 is 9.53 Å². The molecule has 6 heteroatoms. The molecule has 0 atom stereocenters. The number of hydrogen-bond acceptors (Lipinski definition) is 5. The summed E-state index contributed by atoms with van der Waals surface area (Å²) in [6, 6.07) is 6.24. The minimum atomic E-state index is -0.314. The van der Waals surface area contributed by atoms with Crippen LogP contribution in [-0.4, -0.2) is 23.3 Å². The molecule has 0 fully saturated rings. The zero-order chi connectivity index (χ0) is 18.1. The second kappa shape index (κ2) is 10.1. The van der Waals surface area contributed by atoms with Crippen molar-refractivity contribution in [2.24, 2.45) is 16.0 Å². The maximum absolute atomic E-state index is 10.9. The summed E-state index contributed by atoms with van der Waals surface area (Å²) in [7, 11) is 0. The van der Waals surface area contributed by atoms with Gasteiger partial charge in [0.05, 0.1) is 5.69 Å². The lowest BCUT2D eigenvalue weighted by Gasteiger charge is -2.12. The maximum atomic E-state index is 10.9. The number of carbonyl (C=O) groups excluding carboxylic acids is 1. The van der Waals surface area contributed by atoms with Crippen LogP contribution in [0, 0.1) is 12.8 Å². The zero-order valence-corrected chi connectivity index (χ0v) is 16.1. The van der Waals surface area contributed by atoms with Crippen molar-refractivity contribution in [2.75, 3.05) is 5.94 Å². The molecule has 0 spiro atoms. The van der Waals surface area contributed by atoms with E-state index in [1.807, 2.05) is 27.0 Å². The van der Waals surface area contributed by atoms with E-state index in [-0.39, 0.29) is 11.9 Å². The van der Waals surface area contributed by atoms with Gasteiger partial charge in [-0.25, -0.2) is 4.99 Å². The minimum Gasteiger partial charge on any atom is -0.454 e. The number of hydrazone groups is 1. The van der Waals surface area contributed by atoms with E-state index in [2.05, 4.69) is 42.6 Å². The number of nitrogens with one attached hydrogen (secondary N) is 1. The van der Waals surface area contributed by atoms with Crippen molar-refractivity contribution in [1.82, 2.24) is 5.43 Å². The smallest absolute Gasteiger partial charge is 0.303 e. The molecule has 0 amide bonds. The molecule has 0 saturated heterocycles. The lowest BCUT2D eigenvalue weighted by atomic mass is 10.00. The molecule has 0 bridgehead atoms. The van der Waals surface area contributed by atoms with Gasteiger partial charge >= 0.3 is 5.97 Å². The van der Waals surface area contributed by atoms with Crippen molar-refractivity contribution in [3.8, 4) is 0 Å². The first kappa shape index (κ1) is 20.2. The predicted octanol–water partition coefficient (Wildman–Crippen LogP) is 4.59. The predicted molar refractivity (Wildman–Crippen MR) is 103 cm³/mol. The molecule has 1 aromatic rings. The third-order valence-electron chi connectivity index (χ3n) is 3.02. The van der Waals surface area contributed by atoms with Crippen LogP contribution in [0.25, 0.3) is 0 Å². The Labute approximate surface area is 149 Å². The van der Waals surface area contributed by atoms with E-state index in [0.717, 1.165) is 11.3 Å². The molecule has 24 heavy (non-hydrogen) atoms. The molecule has 132 valence electrons. The molecular formula is C18H27N3O2S. The standard InChI is InChI=1S/C18H27N3O2S/c1-12(2)10-19-21-18(24-11-23-15(6)22)20-17-9-14(5)7-8-16(17)13(3)4/h7-10,12-13H,11H2,1-6H3,(H,20,21)/b19-10+. The lowest BCUT2D eigenvalue weighted by molar-refractivity contribution is -0.138. The molecule has 0 aliphatic rings. The average molecular weight is 350 g/mol. The summed E-state index contributed by atoms with van der Waals surface area (Å²) in [6.07, 6.45) is 1.81. The number of carbonyl (C=O) groups is 1. The minimum absolute atomic E-state index is 0.196. The van der Waals surface area contributed by atoms with Gasteiger partial charge in [-0.05, 0) is 47.7 Å². The molecule has 0 aromatic heterocycles. The van der Waals surface area contributed by atoms with E-state index >= 15 is 0 Å². The van der Waals surface area contributed by atoms with Crippen molar-refractivity contribution in [1.29, 1.82) is 0 Å². The Morgan fingerprint density at radius 2 is 2.04 bits per heavy atom. The molecule has 5 nitrogen and oxygen atoms in total. The molecule has 0 radical (unpaired) electrons. The molecule has 0 aliphatic heterocycles. The number of benzene rings is 1. The molecule has 1 rings (SSSR count). The fourth-order valence-corrected chi connectivity index (χ4v) is 2.46. The van der Waals surface area contributed by atoms with Crippen LogP contribution in [0.1, 0.15) is 51.7 Å². The summed E-state index contributed by atoms with van der Waals surface area (Å²) in [5, 5.41) is 4.79. The van der Waals surface area contributed by atoms with Crippen LogP contribution < -0.4 is 5.43 Å². The van der Waals surface area contributed by atoms with Crippen LogP contribution in [-0.2, 0) is 9.53 Å². The quantitative estimate of drug-likeness (QED) is 0.268. The third-order valence-corrected chi connectivity index (χ3v) is 3.71. The molecule has 0 saturated carbocycles. The van der Waals surface area contributed by atoms with Crippen molar-refractivity contribution >= 4 is 34.8 Å². The van der Waals surface area contributed by atoms with E-state index in [0.29, 0.717) is 17.0 Å². The number of amidine groups is 1. The highest BCUT2D eigenvalue weighted by Gasteiger charge is 2.09. The highest BCUT2D eigenvalue weighted by atomic mass is 32.2. The normalized spacial score (nSPS) is 12.2. The monoisotopic (exact) mass is 349 g/mol. The zero-order valence-electron chi connectivity index (χ0n) is 15.3. The number of ether oxygens (including phenoxy) is 1. The molecule has 1 aromatic carbocycles. The summed E-state index contributed by atoms with van der Waals surface area (Å²) in [5.41, 5.74) is 6.17. The van der Waals surface area contributed by atoms with E-state index in [4.69, 9.17) is 9.73 Å². The van der Waals surface area contributed by atoms with Crippen LogP contribution in [0.5, 0.6) is 0 Å². The van der Waals surface area contributed by atoms with Crippen LogP contribution in [0.3, 0.4) is 0 Å². The SMILES string of the molecule is CC(=O)OCSC(=Nc1cc(C)ccc1C(C)C)N/N=C/C(C)C. The van der Waals surface area contributed by atoms with Crippen LogP contribution in [0.2, 0.25) is 0 Å². The van der Waals surface area contributed by atoms with Gasteiger partial charge in [-0.3, -0.25) is 10.2 Å². The first-order chi connectivity index (χ1) is 11.3. The van der Waals surface area contributed by atoms with Gasteiger partial charge in [0.2, 0.25) is 0 Å². The number of aryl methyl sites for hydroxylation is 1. The van der Waals surface area contributed by atoms with Gasteiger partial charge in [-0.1, -0.05) is 39.8 Å². The van der Waals surface area contributed by atoms with E-state index in [1.54, 1.807) is 0 Å². The highest BCUT2D eigenvalue weighted by molar-refractivity contribution is 8.13. The molecular weight excluding hydrogens is 322 g/mol. The fraction of sp³-hybridized carbons (Fsp3) is 0.500. The Bertz CT molecular complexity index is 610. The first-order valence-corrected chi connectivity index (χ1v) is 9.02. The summed E-state index contributed by atoms with van der Waals surface area (Å²) in [5.74, 6) is 0.581. The largest absolute Gasteiger partial charge is 0.454 e. The highest BCUT2D eigenvalue weighted by Crippen LogP contribution is 2.28. The molecule has 0 unspecified atom stereocenters. The van der Waals surface area contributed by atoms with Gasteiger partial charge in [0, 0.05) is 13.1 Å². The third kappa shape index (κ3) is 7.64. The van der Waals surface area contributed by atoms with Crippen LogP contribution in [0.4, 0.5) is 5.69 Å². The molecule has 0 heterocycles. The number of esters is 1. The molecule has 0 aliphatic carbocycles. The van der Waals surface area contributed by atoms with Gasteiger partial charge in [0.1, 0.15) is 5.94 Å². The van der Waals surface area contributed by atoms with Crippen molar-refractivity contribution in [3.05, 3.63) is 29.3 Å². The maximum Gasteiger partial charge on any atom is 0.303 e. The Hall–Kier alpha value is -1.82. The topological polar surface area (TPSA) is 63.0 Å². The number of aliphatic imine (C=N–C) groups is 1.